The first-order valence-corrected chi connectivity index (χ1v) is 14.2. The molecule has 0 N–H and O–H groups in total. The van der Waals surface area contributed by atoms with Gasteiger partial charge in [-0.15, -0.1) is 0 Å². The Labute approximate surface area is 210 Å². The summed E-state index contributed by atoms with van der Waals surface area (Å²) in [7, 11) is 0. The van der Waals surface area contributed by atoms with Gasteiger partial charge in [0.05, 0.1) is 6.61 Å². The molecule has 0 heterocycles. The zero-order valence-electron chi connectivity index (χ0n) is 21.9. The smallest absolute Gasteiger partial charge is 0.0716 e. The molecule has 0 bridgehead atoms. The minimum atomic E-state index is 0.738. The molecule has 0 radical (unpaired) electrons. The van der Waals surface area contributed by atoms with Gasteiger partial charge in [0.25, 0.3) is 0 Å². The second-order valence-electron chi connectivity index (χ2n) is 10.4. The van der Waals surface area contributed by atoms with Crippen molar-refractivity contribution in [3.05, 3.63) is 82.9 Å². The summed E-state index contributed by atoms with van der Waals surface area (Å²) < 4.78 is 5.63. The van der Waals surface area contributed by atoms with E-state index >= 15 is 0 Å². The largest absolute Gasteiger partial charge is 0.377 e. The van der Waals surface area contributed by atoms with Crippen LogP contribution in [-0.2, 0) is 30.6 Å². The maximum atomic E-state index is 5.63. The van der Waals surface area contributed by atoms with Crippen LogP contribution in [0.25, 0.3) is 0 Å². The fourth-order valence-corrected chi connectivity index (χ4v) is 5.16. The summed E-state index contributed by atoms with van der Waals surface area (Å²) in [6, 6.07) is 18.5. The molecular weight excluding hydrogens is 412 g/mol. The van der Waals surface area contributed by atoms with Crippen molar-refractivity contribution in [3.8, 4) is 0 Å². The number of unbranched alkanes of at least 4 members (excludes halogenated alkanes) is 2. The van der Waals surface area contributed by atoms with Gasteiger partial charge in [-0.25, -0.2) is 0 Å². The molecule has 186 valence electrons. The average molecular weight is 461 g/mol. The van der Waals surface area contributed by atoms with Crippen LogP contribution in [0.1, 0.15) is 100 Å². The van der Waals surface area contributed by atoms with E-state index in [0.29, 0.717) is 0 Å². The first-order chi connectivity index (χ1) is 16.8. The maximum Gasteiger partial charge on any atom is 0.0716 e. The molecule has 0 unspecified atom stereocenters. The van der Waals surface area contributed by atoms with Crippen molar-refractivity contribution in [1.82, 2.24) is 0 Å². The number of hydrogen-bond acceptors (Lipinski definition) is 1. The summed E-state index contributed by atoms with van der Waals surface area (Å²) in [4.78, 5) is 0. The standard InChI is InChI=1S/C33H48O/c1-3-5-6-9-28-12-16-31(17-13-28)20-21-32-18-14-29(15-19-32)10-7-8-11-30-22-24-33(25-23-30)27-34-26-4-2/h6,9,14-15,18-19,22-25,28,31H,3-5,7-8,10-13,16-17,20-21,26-27H2,1-2H3/b9-6+. The molecule has 34 heavy (non-hydrogen) atoms. The Morgan fingerprint density at radius 3 is 1.82 bits per heavy atom. The van der Waals surface area contributed by atoms with Gasteiger partial charge in [0.1, 0.15) is 0 Å². The minimum Gasteiger partial charge on any atom is -0.377 e. The molecule has 1 heteroatoms. The molecule has 0 amide bonds. The van der Waals surface area contributed by atoms with E-state index in [9.17, 15) is 0 Å². The molecule has 1 saturated carbocycles. The molecule has 0 saturated heterocycles. The Hall–Kier alpha value is -1.86. The van der Waals surface area contributed by atoms with Crippen molar-refractivity contribution in [3.63, 3.8) is 0 Å². The van der Waals surface area contributed by atoms with E-state index in [1.54, 1.807) is 0 Å². The van der Waals surface area contributed by atoms with Gasteiger partial charge in [0.2, 0.25) is 0 Å². The highest BCUT2D eigenvalue weighted by Gasteiger charge is 2.19. The molecule has 1 nitrogen and oxygen atoms in total. The van der Waals surface area contributed by atoms with Gasteiger partial charge in [0.15, 0.2) is 0 Å². The lowest BCUT2D eigenvalue weighted by Crippen LogP contribution is -2.13. The van der Waals surface area contributed by atoms with Crippen molar-refractivity contribution in [1.29, 1.82) is 0 Å². The van der Waals surface area contributed by atoms with Gasteiger partial charge < -0.3 is 4.74 Å². The zero-order chi connectivity index (χ0) is 23.8. The third-order valence-electron chi connectivity index (χ3n) is 7.44. The number of aryl methyl sites for hydroxylation is 3. The normalized spacial score (nSPS) is 18.5. The second kappa shape index (κ2) is 15.9. The lowest BCUT2D eigenvalue weighted by molar-refractivity contribution is 0.121. The third-order valence-corrected chi connectivity index (χ3v) is 7.44. The summed E-state index contributed by atoms with van der Waals surface area (Å²) >= 11 is 0. The molecule has 0 aliphatic heterocycles. The first-order valence-electron chi connectivity index (χ1n) is 14.2. The van der Waals surface area contributed by atoms with Crippen LogP contribution in [0.5, 0.6) is 0 Å². The van der Waals surface area contributed by atoms with Gasteiger partial charge >= 0.3 is 0 Å². The van der Waals surface area contributed by atoms with Crippen molar-refractivity contribution >= 4 is 0 Å². The van der Waals surface area contributed by atoms with E-state index in [0.717, 1.165) is 31.5 Å². The van der Waals surface area contributed by atoms with E-state index in [4.69, 9.17) is 4.74 Å². The van der Waals surface area contributed by atoms with Crippen LogP contribution in [0.4, 0.5) is 0 Å². The summed E-state index contributed by atoms with van der Waals surface area (Å²) in [5, 5.41) is 0. The third kappa shape index (κ3) is 10.2. The highest BCUT2D eigenvalue weighted by molar-refractivity contribution is 5.24. The summed E-state index contributed by atoms with van der Waals surface area (Å²) in [6.07, 6.45) is 21.7. The highest BCUT2D eigenvalue weighted by atomic mass is 16.5. The summed E-state index contributed by atoms with van der Waals surface area (Å²) in [6.45, 7) is 6.00. The van der Waals surface area contributed by atoms with E-state index in [2.05, 4.69) is 74.5 Å². The SMILES string of the molecule is CCC/C=C/C1CCC(CCc2ccc(CCCCc3ccc(COCCC)cc3)cc2)CC1. The van der Waals surface area contributed by atoms with Crippen LogP contribution < -0.4 is 0 Å². The quantitative estimate of drug-likeness (QED) is 0.190. The van der Waals surface area contributed by atoms with Gasteiger partial charge in [0, 0.05) is 6.61 Å². The molecule has 1 aliphatic carbocycles. The molecule has 0 spiro atoms. The highest BCUT2D eigenvalue weighted by Crippen LogP contribution is 2.32. The maximum absolute atomic E-state index is 5.63. The van der Waals surface area contributed by atoms with Crippen LogP contribution in [-0.4, -0.2) is 6.61 Å². The average Bonchev–Trinajstić information content (AvgIpc) is 2.88. The number of allylic oxidation sites excluding steroid dienone is 2. The van der Waals surface area contributed by atoms with Gasteiger partial charge in [-0.1, -0.05) is 81.0 Å². The monoisotopic (exact) mass is 460 g/mol. The van der Waals surface area contributed by atoms with Gasteiger partial charge in [-0.2, -0.15) is 0 Å². The number of rotatable bonds is 15. The Kier molecular flexibility index (Phi) is 12.5. The fraction of sp³-hybridized carbons (Fsp3) is 0.576. The second-order valence-corrected chi connectivity index (χ2v) is 10.4. The van der Waals surface area contributed by atoms with E-state index < -0.39 is 0 Å². The molecular formula is C33H48O. The molecule has 2 aromatic carbocycles. The molecule has 2 aromatic rings. The van der Waals surface area contributed by atoms with Crippen molar-refractivity contribution < 1.29 is 4.74 Å². The molecule has 0 aromatic heterocycles. The first kappa shape index (κ1) is 26.7. The molecule has 1 fully saturated rings. The lowest BCUT2D eigenvalue weighted by Gasteiger charge is -2.26. The van der Waals surface area contributed by atoms with E-state index in [1.807, 2.05) is 0 Å². The Morgan fingerprint density at radius 2 is 1.26 bits per heavy atom. The summed E-state index contributed by atoms with van der Waals surface area (Å²) in [5.74, 6) is 1.79. The van der Waals surface area contributed by atoms with Crippen molar-refractivity contribution in [2.45, 2.75) is 104 Å². The van der Waals surface area contributed by atoms with Crippen LogP contribution >= 0.6 is 0 Å². The zero-order valence-corrected chi connectivity index (χ0v) is 21.9. The van der Waals surface area contributed by atoms with E-state index in [-0.39, 0.29) is 0 Å². The predicted molar refractivity (Wildman–Crippen MR) is 147 cm³/mol. The van der Waals surface area contributed by atoms with Crippen molar-refractivity contribution in [2.75, 3.05) is 6.61 Å². The number of ether oxygens (including phenoxy) is 1. The fourth-order valence-electron chi connectivity index (χ4n) is 5.16. The van der Waals surface area contributed by atoms with Crippen LogP contribution in [0.2, 0.25) is 0 Å². The number of benzene rings is 2. The summed E-state index contributed by atoms with van der Waals surface area (Å²) in [5.41, 5.74) is 5.74. The molecule has 1 aliphatic rings. The molecule has 0 atom stereocenters. The topological polar surface area (TPSA) is 9.23 Å². The Bertz CT molecular complexity index is 793. The molecule has 3 rings (SSSR count). The van der Waals surface area contributed by atoms with Crippen molar-refractivity contribution in [2.24, 2.45) is 11.8 Å². The van der Waals surface area contributed by atoms with Crippen LogP contribution in [0, 0.1) is 11.8 Å². The van der Waals surface area contributed by atoms with Gasteiger partial charge in [-0.05, 0) is 111 Å². The van der Waals surface area contributed by atoms with Crippen LogP contribution in [0.15, 0.2) is 60.7 Å². The lowest BCUT2D eigenvalue weighted by atomic mass is 9.79. The number of hydrogen-bond donors (Lipinski definition) is 0. The predicted octanol–water partition coefficient (Wildman–Crippen LogP) is 9.27. The Balaban J connectivity index is 1.28. The Morgan fingerprint density at radius 1 is 0.706 bits per heavy atom. The van der Waals surface area contributed by atoms with E-state index in [1.165, 1.54) is 99.3 Å². The van der Waals surface area contributed by atoms with Crippen LogP contribution in [0.3, 0.4) is 0 Å². The minimum absolute atomic E-state index is 0.738. The van der Waals surface area contributed by atoms with Gasteiger partial charge in [-0.3, -0.25) is 0 Å².